The number of alkyl halides is 3. The minimum absolute atomic E-state index is 0.0659. The highest BCUT2D eigenvalue weighted by molar-refractivity contribution is 6.32. The number of alkyl carbamates (subject to hydrolysis) is 1. The highest BCUT2D eigenvalue weighted by atomic mass is 35.5. The summed E-state index contributed by atoms with van der Waals surface area (Å²) < 4.78 is 52.1. The molecule has 1 aliphatic carbocycles. The third kappa shape index (κ3) is 6.19. The molecule has 2 aromatic heterocycles. The van der Waals surface area contributed by atoms with Crippen LogP contribution in [0.25, 0.3) is 17.1 Å². The predicted molar refractivity (Wildman–Crippen MR) is 126 cm³/mol. The first kappa shape index (κ1) is 26.0. The van der Waals surface area contributed by atoms with Gasteiger partial charge in [-0.05, 0) is 32.9 Å². The van der Waals surface area contributed by atoms with Crippen molar-refractivity contribution in [2.75, 3.05) is 0 Å². The Hall–Kier alpha value is -3.05. The van der Waals surface area contributed by atoms with Gasteiger partial charge in [0.25, 0.3) is 0 Å². The summed E-state index contributed by atoms with van der Waals surface area (Å²) in [6, 6.07) is 3.53. The number of carbonyl (C=O) groups excluding carboxylic acids is 1. The molecule has 0 spiro atoms. The van der Waals surface area contributed by atoms with Crippen LogP contribution >= 0.6 is 23.2 Å². The number of hydrogen-bond acceptors (Lipinski definition) is 6. The molecule has 2 heterocycles. The summed E-state index contributed by atoms with van der Waals surface area (Å²) in [5.41, 5.74) is -1.04. The molecule has 4 rings (SSSR count). The van der Waals surface area contributed by atoms with Crippen molar-refractivity contribution < 1.29 is 27.4 Å². The molecule has 1 fully saturated rings. The van der Waals surface area contributed by atoms with E-state index < -0.39 is 28.5 Å². The van der Waals surface area contributed by atoms with Crippen LogP contribution in [-0.2, 0) is 10.9 Å². The Bertz CT molecular complexity index is 1270. The predicted octanol–water partition coefficient (Wildman–Crippen LogP) is 6.09. The molecule has 0 unspecified atom stereocenters. The fraction of sp³-hybridized carbons (Fsp3) is 0.391. The van der Waals surface area contributed by atoms with Crippen molar-refractivity contribution in [1.82, 2.24) is 24.8 Å². The molecule has 13 heteroatoms. The second-order valence-electron chi connectivity index (χ2n) is 9.24. The Morgan fingerprint density at radius 3 is 2.53 bits per heavy atom. The van der Waals surface area contributed by atoms with Gasteiger partial charge in [-0.1, -0.05) is 29.3 Å². The number of nitrogens with zero attached hydrogens (tertiary/aromatic N) is 4. The summed E-state index contributed by atoms with van der Waals surface area (Å²) in [4.78, 5) is 24.5. The average Bonchev–Trinajstić information content (AvgIpc) is 3.21. The van der Waals surface area contributed by atoms with E-state index in [1.165, 1.54) is 35.4 Å². The maximum atomic E-state index is 13.2. The molecular weight excluding hydrogens is 522 g/mol. The van der Waals surface area contributed by atoms with Gasteiger partial charge >= 0.3 is 18.3 Å². The first-order chi connectivity index (χ1) is 16.8. The van der Waals surface area contributed by atoms with Gasteiger partial charge in [0, 0.05) is 30.6 Å². The van der Waals surface area contributed by atoms with Gasteiger partial charge in [-0.15, -0.1) is 0 Å². The van der Waals surface area contributed by atoms with E-state index in [0.717, 1.165) is 6.07 Å². The first-order valence-corrected chi connectivity index (χ1v) is 11.6. The fourth-order valence-corrected chi connectivity index (χ4v) is 3.89. The van der Waals surface area contributed by atoms with E-state index in [1.807, 2.05) is 0 Å². The van der Waals surface area contributed by atoms with Gasteiger partial charge < -0.3 is 14.8 Å². The average molecular weight is 544 g/mol. The van der Waals surface area contributed by atoms with Crippen LogP contribution in [0.4, 0.5) is 18.0 Å². The molecule has 0 saturated heterocycles. The van der Waals surface area contributed by atoms with E-state index in [-0.39, 0.29) is 40.3 Å². The van der Waals surface area contributed by atoms with Crippen LogP contribution in [0, 0.1) is 0 Å². The van der Waals surface area contributed by atoms with Gasteiger partial charge in [-0.3, -0.25) is 4.57 Å². The number of carbonyl (C=O) groups is 1. The molecule has 1 saturated carbocycles. The van der Waals surface area contributed by atoms with Crippen molar-refractivity contribution in [1.29, 1.82) is 0 Å². The second kappa shape index (κ2) is 9.78. The third-order valence-corrected chi connectivity index (χ3v) is 5.78. The Balaban J connectivity index is 1.43. The summed E-state index contributed by atoms with van der Waals surface area (Å²) >= 11 is 12.0. The lowest BCUT2D eigenvalue weighted by Gasteiger charge is -2.35. The molecule has 0 aliphatic heterocycles. The third-order valence-electron chi connectivity index (χ3n) is 5.19. The smallest absolute Gasteiger partial charge is 0.417 e. The highest BCUT2D eigenvalue weighted by Gasteiger charge is 2.35. The Labute approximate surface area is 214 Å². The van der Waals surface area contributed by atoms with E-state index >= 15 is 0 Å². The zero-order valence-corrected chi connectivity index (χ0v) is 20.9. The topological polar surface area (TPSA) is 91.2 Å². The van der Waals surface area contributed by atoms with Crippen molar-refractivity contribution in [2.24, 2.45) is 0 Å². The lowest BCUT2D eigenvalue weighted by Crippen LogP contribution is -2.50. The summed E-state index contributed by atoms with van der Waals surface area (Å²) in [5.74, 6) is 0.244. The largest absolute Gasteiger partial charge is 0.460 e. The molecule has 1 amide bonds. The molecule has 0 radical (unpaired) electrons. The molecule has 1 aliphatic rings. The van der Waals surface area contributed by atoms with Crippen molar-refractivity contribution >= 4 is 29.3 Å². The van der Waals surface area contributed by atoms with Crippen LogP contribution in [0.1, 0.15) is 39.2 Å². The van der Waals surface area contributed by atoms with Gasteiger partial charge in [-0.2, -0.15) is 18.2 Å². The Morgan fingerprint density at radius 2 is 1.86 bits per heavy atom. The normalized spacial score (nSPS) is 17.9. The maximum Gasteiger partial charge on any atom is 0.417 e. The van der Waals surface area contributed by atoms with Crippen molar-refractivity contribution in [3.8, 4) is 23.1 Å². The number of imidazole rings is 1. The zero-order valence-electron chi connectivity index (χ0n) is 19.4. The minimum Gasteiger partial charge on any atom is -0.460 e. The van der Waals surface area contributed by atoms with Crippen LogP contribution in [-0.4, -0.2) is 43.4 Å². The molecule has 192 valence electrons. The highest BCUT2D eigenvalue weighted by Crippen LogP contribution is 2.37. The van der Waals surface area contributed by atoms with Crippen LogP contribution in [0.3, 0.4) is 0 Å². The number of hydrogen-bond donors (Lipinski definition) is 1. The fourth-order valence-electron chi connectivity index (χ4n) is 3.47. The number of amides is 1. The number of ether oxygens (including phenoxy) is 2. The monoisotopic (exact) mass is 543 g/mol. The van der Waals surface area contributed by atoms with Crippen molar-refractivity contribution in [2.45, 2.75) is 57.5 Å². The minimum atomic E-state index is -4.60. The van der Waals surface area contributed by atoms with Crippen LogP contribution in [0.5, 0.6) is 6.01 Å². The van der Waals surface area contributed by atoms with Crippen LogP contribution in [0.15, 0.2) is 36.9 Å². The standard InChI is InChI=1S/C23H22Cl2F3N5O3/c1-22(2,3)36-21(34)31-13-7-14(8-13)35-20-29-9-17(25)19(32-20)33-10-18(30-11-33)12-4-5-16(24)15(6-12)23(26,27)28/h4-6,9-11,13-14H,7-8H2,1-3H3,(H,31,34). The van der Waals surface area contributed by atoms with E-state index in [2.05, 4.69) is 20.3 Å². The zero-order chi connectivity index (χ0) is 26.3. The summed E-state index contributed by atoms with van der Waals surface area (Å²) in [7, 11) is 0. The van der Waals surface area contributed by atoms with Crippen LogP contribution < -0.4 is 10.1 Å². The molecule has 1 aromatic carbocycles. The van der Waals surface area contributed by atoms with Gasteiger partial charge in [0.1, 0.15) is 23.1 Å². The lowest BCUT2D eigenvalue weighted by molar-refractivity contribution is -0.137. The molecule has 1 N–H and O–H groups in total. The molecule has 0 atom stereocenters. The Kier molecular flexibility index (Phi) is 7.07. The number of aromatic nitrogens is 4. The number of nitrogens with one attached hydrogen (secondary N) is 1. The summed E-state index contributed by atoms with van der Waals surface area (Å²) in [6.45, 7) is 5.35. The van der Waals surface area contributed by atoms with Gasteiger partial charge in [0.2, 0.25) is 0 Å². The van der Waals surface area contributed by atoms with E-state index in [1.54, 1.807) is 20.8 Å². The SMILES string of the molecule is CC(C)(C)OC(=O)NC1CC(Oc2ncc(Cl)c(-n3cnc(-c4ccc(Cl)c(C(F)(F)F)c4)c3)n2)C1. The molecule has 8 nitrogen and oxygen atoms in total. The molecule has 36 heavy (non-hydrogen) atoms. The van der Waals surface area contributed by atoms with Crippen LogP contribution in [0.2, 0.25) is 10.0 Å². The summed E-state index contributed by atoms with van der Waals surface area (Å²) in [6.07, 6.45) is 0.0213. The van der Waals surface area contributed by atoms with Gasteiger partial charge in [-0.25, -0.2) is 14.8 Å². The molecule has 0 bridgehead atoms. The van der Waals surface area contributed by atoms with E-state index in [4.69, 9.17) is 32.7 Å². The van der Waals surface area contributed by atoms with Crippen molar-refractivity contribution in [3.63, 3.8) is 0 Å². The first-order valence-electron chi connectivity index (χ1n) is 10.9. The maximum absolute atomic E-state index is 13.2. The lowest BCUT2D eigenvalue weighted by atomic mass is 9.89. The van der Waals surface area contributed by atoms with Gasteiger partial charge in [0.05, 0.1) is 22.5 Å². The number of rotatable bonds is 5. The molecule has 3 aromatic rings. The van der Waals surface area contributed by atoms with Gasteiger partial charge in [0.15, 0.2) is 5.82 Å². The number of halogens is 5. The van der Waals surface area contributed by atoms with Crippen molar-refractivity contribution in [3.05, 3.63) is 52.5 Å². The number of benzene rings is 1. The van der Waals surface area contributed by atoms with E-state index in [9.17, 15) is 18.0 Å². The second-order valence-corrected chi connectivity index (χ2v) is 10.1. The van der Waals surface area contributed by atoms with E-state index in [0.29, 0.717) is 12.8 Å². The summed E-state index contributed by atoms with van der Waals surface area (Å²) in [5, 5.41) is 2.57. The Morgan fingerprint density at radius 1 is 1.14 bits per heavy atom. The quantitative estimate of drug-likeness (QED) is 0.418. The molecular formula is C23H22Cl2F3N5O3.